The predicted octanol–water partition coefficient (Wildman–Crippen LogP) is 5.16. The molecule has 0 saturated heterocycles. The summed E-state index contributed by atoms with van der Waals surface area (Å²) in [5.41, 5.74) is 2.71. The highest BCUT2D eigenvalue weighted by Gasteiger charge is 2.24. The standard InChI is InChI=1S/C18H14FNO2S3/c1-11-13(14-9-12(19)4-5-15(14)20-11)10-16-17(6-8-23-16)25(21,22)18-3-2-7-24-18/h2-9,20H,10H2,1H3. The fourth-order valence-corrected chi connectivity index (χ4v) is 6.79. The van der Waals surface area contributed by atoms with Crippen LogP contribution >= 0.6 is 22.7 Å². The molecular weight excluding hydrogens is 377 g/mol. The Labute approximate surface area is 152 Å². The van der Waals surface area contributed by atoms with Crippen LogP contribution in [-0.4, -0.2) is 13.4 Å². The smallest absolute Gasteiger partial charge is 0.217 e. The second kappa shape index (κ2) is 6.09. The Kier molecular flexibility index (Phi) is 4.02. The number of benzene rings is 1. The molecule has 0 unspecified atom stereocenters. The number of sulfone groups is 1. The van der Waals surface area contributed by atoms with Crippen molar-refractivity contribution in [2.75, 3.05) is 0 Å². The maximum absolute atomic E-state index is 13.7. The first-order valence-corrected chi connectivity index (χ1v) is 10.8. The number of H-pyrrole nitrogens is 1. The summed E-state index contributed by atoms with van der Waals surface area (Å²) in [6.07, 6.45) is 0.451. The molecule has 0 aliphatic rings. The van der Waals surface area contributed by atoms with Crippen LogP contribution in [0.1, 0.15) is 16.1 Å². The lowest BCUT2D eigenvalue weighted by molar-refractivity contribution is 0.597. The van der Waals surface area contributed by atoms with E-state index < -0.39 is 9.84 Å². The summed E-state index contributed by atoms with van der Waals surface area (Å²) in [6.45, 7) is 1.92. The lowest BCUT2D eigenvalue weighted by Crippen LogP contribution is -2.02. The van der Waals surface area contributed by atoms with Gasteiger partial charge in [0.2, 0.25) is 9.84 Å². The molecule has 0 radical (unpaired) electrons. The van der Waals surface area contributed by atoms with Crippen LogP contribution in [0.15, 0.2) is 56.3 Å². The highest BCUT2D eigenvalue weighted by Crippen LogP contribution is 2.34. The molecule has 3 aromatic heterocycles. The van der Waals surface area contributed by atoms with Crippen LogP contribution in [-0.2, 0) is 16.3 Å². The molecule has 4 rings (SSSR count). The van der Waals surface area contributed by atoms with Gasteiger partial charge in [0.05, 0.1) is 4.90 Å². The molecule has 1 aromatic carbocycles. The Morgan fingerprint density at radius 2 is 1.96 bits per heavy atom. The molecule has 0 saturated carbocycles. The molecule has 7 heteroatoms. The third kappa shape index (κ3) is 2.82. The second-order valence-electron chi connectivity index (χ2n) is 5.74. The summed E-state index contributed by atoms with van der Waals surface area (Å²) >= 11 is 2.62. The first kappa shape index (κ1) is 16.5. The molecule has 0 bridgehead atoms. The third-order valence-corrected chi connectivity index (χ3v) is 8.46. The van der Waals surface area contributed by atoms with E-state index >= 15 is 0 Å². The predicted molar refractivity (Wildman–Crippen MR) is 99.9 cm³/mol. The summed E-state index contributed by atoms with van der Waals surface area (Å²) in [4.78, 5) is 4.35. The van der Waals surface area contributed by atoms with Gasteiger partial charge < -0.3 is 4.98 Å². The molecule has 0 aliphatic carbocycles. The number of aryl methyl sites for hydroxylation is 1. The van der Waals surface area contributed by atoms with Crippen LogP contribution in [0.2, 0.25) is 0 Å². The molecule has 0 atom stereocenters. The summed E-state index contributed by atoms with van der Waals surface area (Å²) in [6, 6.07) is 9.62. The van der Waals surface area contributed by atoms with Crippen molar-refractivity contribution in [3.63, 3.8) is 0 Å². The van der Waals surface area contributed by atoms with Crippen LogP contribution in [0, 0.1) is 12.7 Å². The lowest BCUT2D eigenvalue weighted by Gasteiger charge is -2.05. The second-order valence-corrected chi connectivity index (χ2v) is 9.83. The first-order chi connectivity index (χ1) is 12.0. The minimum Gasteiger partial charge on any atom is -0.358 e. The maximum atomic E-state index is 13.7. The van der Waals surface area contributed by atoms with Gasteiger partial charge in [-0.3, -0.25) is 0 Å². The zero-order chi connectivity index (χ0) is 17.6. The number of hydrogen-bond donors (Lipinski definition) is 1. The van der Waals surface area contributed by atoms with Crippen molar-refractivity contribution in [2.24, 2.45) is 0 Å². The normalized spacial score (nSPS) is 12.1. The SMILES string of the molecule is Cc1[nH]c2ccc(F)cc2c1Cc1sccc1S(=O)(=O)c1cccs1. The van der Waals surface area contributed by atoms with Crippen LogP contribution in [0.5, 0.6) is 0 Å². The van der Waals surface area contributed by atoms with Gasteiger partial charge in [0.25, 0.3) is 0 Å². The van der Waals surface area contributed by atoms with Crippen LogP contribution in [0.4, 0.5) is 4.39 Å². The van der Waals surface area contributed by atoms with Gasteiger partial charge in [-0.05, 0) is 53.6 Å². The molecule has 3 heterocycles. The Hall–Kier alpha value is -1.96. The molecule has 3 nitrogen and oxygen atoms in total. The topological polar surface area (TPSA) is 49.9 Å². The number of aromatic nitrogens is 1. The molecule has 0 fully saturated rings. The molecule has 0 amide bonds. The zero-order valence-corrected chi connectivity index (χ0v) is 15.7. The van der Waals surface area contributed by atoms with E-state index in [1.807, 2.05) is 6.92 Å². The van der Waals surface area contributed by atoms with E-state index in [-0.39, 0.29) is 5.82 Å². The van der Waals surface area contributed by atoms with Crippen LogP contribution < -0.4 is 0 Å². The van der Waals surface area contributed by atoms with E-state index in [9.17, 15) is 12.8 Å². The van der Waals surface area contributed by atoms with E-state index in [2.05, 4.69) is 4.98 Å². The average molecular weight is 392 g/mol. The first-order valence-electron chi connectivity index (χ1n) is 7.58. The van der Waals surface area contributed by atoms with Gasteiger partial charge in [0, 0.05) is 27.9 Å². The van der Waals surface area contributed by atoms with Crippen molar-refractivity contribution in [3.05, 3.63) is 69.1 Å². The lowest BCUT2D eigenvalue weighted by atomic mass is 10.1. The summed E-state index contributed by atoms with van der Waals surface area (Å²) < 4.78 is 39.7. The number of halogens is 1. The fraction of sp³-hybridized carbons (Fsp3) is 0.111. The number of fused-ring (bicyclic) bond motifs is 1. The minimum absolute atomic E-state index is 0.301. The van der Waals surface area contributed by atoms with Gasteiger partial charge >= 0.3 is 0 Å². The fourth-order valence-electron chi connectivity index (χ4n) is 2.96. The quantitative estimate of drug-likeness (QED) is 0.522. The number of thiophene rings is 2. The third-order valence-electron chi connectivity index (χ3n) is 4.17. The van der Waals surface area contributed by atoms with Gasteiger partial charge in [0.1, 0.15) is 10.0 Å². The summed E-state index contributed by atoms with van der Waals surface area (Å²) in [5, 5.41) is 4.34. The van der Waals surface area contributed by atoms with Crippen LogP contribution in [0.3, 0.4) is 0 Å². The van der Waals surface area contributed by atoms with Crippen molar-refractivity contribution in [1.82, 2.24) is 4.98 Å². The maximum Gasteiger partial charge on any atom is 0.217 e. The van der Waals surface area contributed by atoms with Gasteiger partial charge in [-0.15, -0.1) is 22.7 Å². The highest BCUT2D eigenvalue weighted by atomic mass is 32.2. The van der Waals surface area contributed by atoms with E-state index in [0.29, 0.717) is 15.5 Å². The Morgan fingerprint density at radius 1 is 1.12 bits per heavy atom. The molecule has 25 heavy (non-hydrogen) atoms. The zero-order valence-electron chi connectivity index (χ0n) is 13.2. The van der Waals surface area contributed by atoms with E-state index in [4.69, 9.17) is 0 Å². The molecule has 0 aliphatic heterocycles. The molecule has 1 N–H and O–H groups in total. The van der Waals surface area contributed by atoms with Crippen molar-refractivity contribution in [2.45, 2.75) is 22.4 Å². The highest BCUT2D eigenvalue weighted by molar-refractivity contribution is 7.93. The summed E-state index contributed by atoms with van der Waals surface area (Å²) in [5.74, 6) is -0.301. The Bertz CT molecular complexity index is 1150. The van der Waals surface area contributed by atoms with Crippen molar-refractivity contribution < 1.29 is 12.8 Å². The van der Waals surface area contributed by atoms with Gasteiger partial charge in [0.15, 0.2) is 0 Å². The number of rotatable bonds is 4. The van der Waals surface area contributed by atoms with Crippen molar-refractivity contribution in [3.8, 4) is 0 Å². The van der Waals surface area contributed by atoms with Gasteiger partial charge in [-0.25, -0.2) is 12.8 Å². The monoisotopic (exact) mass is 391 g/mol. The number of aromatic amines is 1. The molecule has 128 valence electrons. The Morgan fingerprint density at radius 3 is 2.72 bits per heavy atom. The van der Waals surface area contributed by atoms with Crippen molar-refractivity contribution >= 4 is 43.4 Å². The molecular formula is C18H14FNO2S3. The largest absolute Gasteiger partial charge is 0.358 e. The van der Waals surface area contributed by atoms with E-state index in [1.165, 1.54) is 34.8 Å². The van der Waals surface area contributed by atoms with Crippen molar-refractivity contribution in [1.29, 1.82) is 0 Å². The Balaban J connectivity index is 1.81. The molecule has 0 spiro atoms. The van der Waals surface area contributed by atoms with Gasteiger partial charge in [-0.2, -0.15) is 0 Å². The molecule has 4 aromatic rings. The van der Waals surface area contributed by atoms with E-state index in [0.717, 1.165) is 27.0 Å². The van der Waals surface area contributed by atoms with Gasteiger partial charge in [-0.1, -0.05) is 6.07 Å². The number of nitrogens with one attached hydrogen (secondary N) is 1. The minimum atomic E-state index is -3.52. The summed E-state index contributed by atoms with van der Waals surface area (Å²) in [7, 11) is -3.52. The average Bonchev–Trinajstić information content (AvgIpc) is 3.30. The van der Waals surface area contributed by atoms with E-state index in [1.54, 1.807) is 35.0 Å². The number of hydrogen-bond acceptors (Lipinski definition) is 4. The van der Waals surface area contributed by atoms with Crippen LogP contribution in [0.25, 0.3) is 10.9 Å².